The molecular weight excluding hydrogens is 532 g/mol. The lowest BCUT2D eigenvalue weighted by Crippen LogP contribution is -2.34. The predicted molar refractivity (Wildman–Crippen MR) is 157 cm³/mol. The van der Waals surface area contributed by atoms with Crippen LogP contribution in [0.4, 0.5) is 0 Å². The molecule has 0 spiro atoms. The first-order chi connectivity index (χ1) is 20.5. The van der Waals surface area contributed by atoms with Crippen LogP contribution in [0.25, 0.3) is 28.0 Å². The minimum atomic E-state index is -0.283. The molecule has 1 amide bonds. The van der Waals surface area contributed by atoms with Gasteiger partial charge in [0, 0.05) is 36.0 Å². The normalized spacial score (nSPS) is 11.9. The van der Waals surface area contributed by atoms with Crippen molar-refractivity contribution in [3.63, 3.8) is 0 Å². The third-order valence-electron chi connectivity index (χ3n) is 6.97. The van der Waals surface area contributed by atoms with Gasteiger partial charge in [-0.3, -0.25) is 4.79 Å². The van der Waals surface area contributed by atoms with Crippen molar-refractivity contribution in [3.05, 3.63) is 78.4 Å². The minimum absolute atomic E-state index is 0.117. The predicted octanol–water partition coefficient (Wildman–Crippen LogP) is 3.46. The molecule has 42 heavy (non-hydrogen) atoms. The molecule has 0 unspecified atom stereocenters. The topological polar surface area (TPSA) is 139 Å². The van der Waals surface area contributed by atoms with Crippen LogP contribution in [0, 0.1) is 11.3 Å². The second-order valence-corrected chi connectivity index (χ2v) is 9.79. The van der Waals surface area contributed by atoms with Gasteiger partial charge in [-0.15, -0.1) is 5.10 Å². The van der Waals surface area contributed by atoms with Gasteiger partial charge in [0.05, 0.1) is 24.0 Å². The molecule has 2 aromatic carbocycles. The van der Waals surface area contributed by atoms with Crippen LogP contribution in [-0.2, 0) is 6.54 Å². The first kappa shape index (κ1) is 28.4. The largest absolute Gasteiger partial charge is 0.487 e. The van der Waals surface area contributed by atoms with Crippen molar-refractivity contribution in [1.82, 2.24) is 45.0 Å². The van der Waals surface area contributed by atoms with E-state index in [1.165, 1.54) is 6.33 Å². The van der Waals surface area contributed by atoms with Crippen molar-refractivity contribution in [2.24, 2.45) is 0 Å². The number of rotatable bonds is 12. The van der Waals surface area contributed by atoms with E-state index < -0.39 is 0 Å². The van der Waals surface area contributed by atoms with Crippen LogP contribution < -0.4 is 10.1 Å². The highest BCUT2D eigenvalue weighted by Crippen LogP contribution is 2.30. The lowest BCUT2D eigenvalue weighted by molar-refractivity contribution is 0.0949. The summed E-state index contributed by atoms with van der Waals surface area (Å²) in [5.41, 5.74) is 4.76. The van der Waals surface area contributed by atoms with Crippen molar-refractivity contribution < 1.29 is 9.53 Å². The van der Waals surface area contributed by atoms with Gasteiger partial charge in [-0.05, 0) is 66.3 Å². The fourth-order valence-corrected chi connectivity index (χ4v) is 4.68. The van der Waals surface area contributed by atoms with Crippen molar-refractivity contribution in [1.29, 1.82) is 5.26 Å². The summed E-state index contributed by atoms with van der Waals surface area (Å²) >= 11 is 0. The molecule has 0 aliphatic heterocycles. The fraction of sp³-hybridized carbons (Fsp3) is 0.300. The third-order valence-corrected chi connectivity index (χ3v) is 6.97. The number of carbonyl (C=O) groups excluding carboxylic acids is 1. The molecule has 1 N–H and O–H groups in total. The minimum Gasteiger partial charge on any atom is -0.487 e. The number of hydrogen-bond donors (Lipinski definition) is 1. The second kappa shape index (κ2) is 13.0. The molecule has 5 rings (SSSR count). The number of amides is 1. The quantitative estimate of drug-likeness (QED) is 0.241. The number of nitriles is 1. The fourth-order valence-electron chi connectivity index (χ4n) is 4.68. The van der Waals surface area contributed by atoms with E-state index in [1.54, 1.807) is 27.5 Å². The number of nitrogens with zero attached hydrogens (tertiary/aromatic N) is 9. The number of likely N-dealkylation sites (N-methyl/N-ethyl adjacent to an activating group) is 1. The Morgan fingerprint density at radius 3 is 2.76 bits per heavy atom. The average Bonchev–Trinajstić information content (AvgIpc) is 3.69. The standard InChI is InChI=1S/C30H32N10O2/c1-4-38(5-2)14-12-32-30(41)24-8-6-7-22(15-24)26-18-34-40-13-11-27(35-29(26)40)23-9-10-25(17-31)28(16-23)42-21(3)19-39-20-33-36-37-39/h6-11,13,15-16,18,20-21H,4-5,12,14,19H2,1-3H3,(H,32,41)/t21-/m0/s1. The lowest BCUT2D eigenvalue weighted by Gasteiger charge is -2.18. The number of carbonyl (C=O) groups is 1. The van der Waals surface area contributed by atoms with Crippen molar-refractivity contribution in [2.75, 3.05) is 26.2 Å². The van der Waals surface area contributed by atoms with E-state index in [-0.39, 0.29) is 12.0 Å². The number of benzene rings is 2. The maximum absolute atomic E-state index is 12.9. The number of tetrazole rings is 1. The zero-order valence-electron chi connectivity index (χ0n) is 23.8. The lowest BCUT2D eigenvalue weighted by atomic mass is 10.0. The van der Waals surface area contributed by atoms with Crippen molar-refractivity contribution in [2.45, 2.75) is 33.4 Å². The summed E-state index contributed by atoms with van der Waals surface area (Å²) in [7, 11) is 0. The monoisotopic (exact) mass is 564 g/mol. The van der Waals surface area contributed by atoms with Crippen LogP contribution in [0.1, 0.15) is 36.7 Å². The first-order valence-electron chi connectivity index (χ1n) is 13.9. The van der Waals surface area contributed by atoms with Crippen LogP contribution in [0.15, 0.2) is 67.3 Å². The Morgan fingerprint density at radius 1 is 1.14 bits per heavy atom. The van der Waals surface area contributed by atoms with Gasteiger partial charge in [0.15, 0.2) is 5.65 Å². The van der Waals surface area contributed by atoms with Crippen LogP contribution in [-0.4, -0.2) is 77.9 Å². The average molecular weight is 565 g/mol. The van der Waals surface area contributed by atoms with E-state index in [9.17, 15) is 10.1 Å². The third kappa shape index (κ3) is 6.42. The Kier molecular flexibility index (Phi) is 8.79. The molecule has 5 aromatic rings. The highest BCUT2D eigenvalue weighted by atomic mass is 16.5. The second-order valence-electron chi connectivity index (χ2n) is 9.79. The number of ether oxygens (including phenoxy) is 1. The van der Waals surface area contributed by atoms with Crippen LogP contribution >= 0.6 is 0 Å². The summed E-state index contributed by atoms with van der Waals surface area (Å²) in [5, 5.41) is 28.3. The summed E-state index contributed by atoms with van der Waals surface area (Å²) in [6.45, 7) is 9.82. The maximum Gasteiger partial charge on any atom is 0.251 e. The summed E-state index contributed by atoms with van der Waals surface area (Å²) in [5.74, 6) is 0.333. The summed E-state index contributed by atoms with van der Waals surface area (Å²) in [6.07, 6.45) is 4.82. The molecule has 12 nitrogen and oxygen atoms in total. The van der Waals surface area contributed by atoms with E-state index in [0.717, 1.165) is 36.3 Å². The van der Waals surface area contributed by atoms with E-state index >= 15 is 0 Å². The number of hydrogen-bond acceptors (Lipinski definition) is 9. The van der Waals surface area contributed by atoms with E-state index in [0.29, 0.717) is 41.3 Å². The molecule has 214 valence electrons. The molecule has 3 heterocycles. The van der Waals surface area contributed by atoms with Gasteiger partial charge in [-0.1, -0.05) is 32.0 Å². The van der Waals surface area contributed by atoms with Gasteiger partial charge in [0.25, 0.3) is 5.91 Å². The van der Waals surface area contributed by atoms with Gasteiger partial charge in [0.2, 0.25) is 0 Å². The first-order valence-corrected chi connectivity index (χ1v) is 13.9. The number of aromatic nitrogens is 7. The number of nitrogens with one attached hydrogen (secondary N) is 1. The molecule has 3 aromatic heterocycles. The number of fused-ring (bicyclic) bond motifs is 1. The van der Waals surface area contributed by atoms with Gasteiger partial charge in [-0.25, -0.2) is 14.2 Å². The zero-order chi connectivity index (χ0) is 29.5. The van der Waals surface area contributed by atoms with Gasteiger partial charge in [0.1, 0.15) is 24.3 Å². The van der Waals surface area contributed by atoms with Crippen molar-refractivity contribution >= 4 is 11.6 Å². The molecule has 0 aliphatic carbocycles. The molecule has 1 atom stereocenters. The van der Waals surface area contributed by atoms with Gasteiger partial charge < -0.3 is 15.0 Å². The molecule has 12 heteroatoms. The maximum atomic E-state index is 12.9. The molecule has 0 aliphatic rings. The van der Waals surface area contributed by atoms with Crippen molar-refractivity contribution in [3.8, 4) is 34.2 Å². The highest BCUT2D eigenvalue weighted by Gasteiger charge is 2.15. The molecule has 0 radical (unpaired) electrons. The summed E-state index contributed by atoms with van der Waals surface area (Å²) < 4.78 is 9.37. The zero-order valence-corrected chi connectivity index (χ0v) is 23.8. The van der Waals surface area contributed by atoms with E-state index in [2.05, 4.69) is 50.8 Å². The Morgan fingerprint density at radius 2 is 2.00 bits per heavy atom. The van der Waals surface area contributed by atoms with E-state index in [1.807, 2.05) is 49.5 Å². The SMILES string of the molecule is CCN(CC)CCNC(=O)c1cccc(-c2cnn3ccc(-c4ccc(C#N)c(O[C@@H](C)Cn5cnnn5)c4)nc23)c1. The Balaban J connectivity index is 1.38. The Labute approximate surface area is 243 Å². The molecule has 0 saturated heterocycles. The van der Waals surface area contributed by atoms with E-state index in [4.69, 9.17) is 9.72 Å². The van der Waals surface area contributed by atoms with Gasteiger partial charge in [-0.2, -0.15) is 10.4 Å². The van der Waals surface area contributed by atoms with Gasteiger partial charge >= 0.3 is 0 Å². The van der Waals surface area contributed by atoms with Crippen LogP contribution in [0.2, 0.25) is 0 Å². The molecule has 0 fully saturated rings. The summed E-state index contributed by atoms with van der Waals surface area (Å²) in [4.78, 5) is 20.0. The molecule has 0 saturated carbocycles. The van der Waals surface area contributed by atoms with Crippen LogP contribution in [0.5, 0.6) is 5.75 Å². The smallest absolute Gasteiger partial charge is 0.251 e. The Bertz CT molecular complexity index is 1700. The summed E-state index contributed by atoms with van der Waals surface area (Å²) in [6, 6.07) is 16.9. The molecular formula is C30H32N10O2. The molecule has 0 bridgehead atoms. The highest BCUT2D eigenvalue weighted by molar-refractivity contribution is 5.96. The van der Waals surface area contributed by atoms with Crippen LogP contribution in [0.3, 0.4) is 0 Å². The Hall–Kier alpha value is -5.15.